The summed E-state index contributed by atoms with van der Waals surface area (Å²) in [6.45, 7) is 5.43. The molecule has 1 aliphatic heterocycles. The Labute approximate surface area is 171 Å². The molecule has 1 aliphatic rings. The second-order valence-electron chi connectivity index (χ2n) is 7.71. The smallest absolute Gasteiger partial charge is 0.373 e. The van der Waals surface area contributed by atoms with Gasteiger partial charge in [0.1, 0.15) is 17.2 Å². The first-order chi connectivity index (χ1) is 14.3. The second-order valence-corrected chi connectivity index (χ2v) is 7.71. The lowest BCUT2D eigenvalue weighted by atomic mass is 9.98. The van der Waals surface area contributed by atoms with Crippen LogP contribution >= 0.6 is 0 Å². The molecular weight excluding hydrogens is 397 g/mol. The second kappa shape index (κ2) is 7.84. The topological polar surface area (TPSA) is 93.0 Å². The van der Waals surface area contributed by atoms with E-state index in [0.717, 1.165) is 6.07 Å². The highest BCUT2D eigenvalue weighted by molar-refractivity contribution is 5.90. The number of H-pyrrole nitrogens is 1. The van der Waals surface area contributed by atoms with Gasteiger partial charge in [0, 0.05) is 30.7 Å². The van der Waals surface area contributed by atoms with Gasteiger partial charge in [0.2, 0.25) is 0 Å². The van der Waals surface area contributed by atoms with Gasteiger partial charge in [-0.3, -0.25) is 5.10 Å². The summed E-state index contributed by atoms with van der Waals surface area (Å²) in [5, 5.41) is 7.24. The van der Waals surface area contributed by atoms with Crippen molar-refractivity contribution >= 4 is 16.9 Å². The maximum absolute atomic E-state index is 13.7. The summed E-state index contributed by atoms with van der Waals surface area (Å²) < 4.78 is 47.0. The third-order valence-electron chi connectivity index (χ3n) is 5.36. The van der Waals surface area contributed by atoms with E-state index in [0.29, 0.717) is 36.5 Å². The Morgan fingerprint density at radius 1 is 1.23 bits per heavy atom. The third-order valence-corrected chi connectivity index (χ3v) is 5.36. The Morgan fingerprint density at radius 2 is 2.03 bits per heavy atom. The van der Waals surface area contributed by atoms with Crippen molar-refractivity contribution in [3.05, 3.63) is 36.0 Å². The van der Waals surface area contributed by atoms with Crippen LogP contribution in [0.15, 0.2) is 30.5 Å². The van der Waals surface area contributed by atoms with E-state index in [9.17, 15) is 13.2 Å². The molecule has 0 radical (unpaired) electrons. The minimum atomic E-state index is -4.57. The predicted octanol–water partition coefficient (Wildman–Crippen LogP) is 3.23. The normalized spacial score (nSPS) is 18.9. The first-order valence-corrected chi connectivity index (χ1v) is 9.75. The Hall–Kier alpha value is -2.72. The maximum atomic E-state index is 13.7. The van der Waals surface area contributed by atoms with E-state index >= 15 is 0 Å². The SMILES string of the molecule is CC(C)C(N)C1CN(c2ccc(C(F)(F)F)c(-c3n[nH]c4ncccc34)n2)CCO1. The highest BCUT2D eigenvalue weighted by Gasteiger charge is 2.37. The standard InChI is InChI=1S/C20H23F3N6O/c1-11(2)16(24)14-10-29(8-9-30-14)15-6-5-13(20(21,22)23)18(26-15)17-12-4-3-7-25-19(12)28-27-17/h3-7,11,14,16H,8-10,24H2,1-2H3,(H,25,27,28). The van der Waals surface area contributed by atoms with Crippen LogP contribution in [0, 0.1) is 5.92 Å². The first kappa shape index (κ1) is 20.5. The fourth-order valence-corrected chi connectivity index (χ4v) is 3.61. The third kappa shape index (κ3) is 3.84. The Bertz CT molecular complexity index is 1030. The molecule has 3 aromatic rings. The number of rotatable bonds is 4. The van der Waals surface area contributed by atoms with Crippen LogP contribution in [0.5, 0.6) is 0 Å². The van der Waals surface area contributed by atoms with Crippen molar-refractivity contribution in [3.63, 3.8) is 0 Å². The summed E-state index contributed by atoms with van der Waals surface area (Å²) in [7, 11) is 0. The molecule has 3 N–H and O–H groups in total. The minimum absolute atomic E-state index is 0.121. The summed E-state index contributed by atoms with van der Waals surface area (Å²) in [5.74, 6) is 0.649. The number of anilines is 1. The van der Waals surface area contributed by atoms with Crippen molar-refractivity contribution in [3.8, 4) is 11.4 Å². The number of aromatic nitrogens is 4. The van der Waals surface area contributed by atoms with Crippen molar-refractivity contribution in [1.29, 1.82) is 0 Å². The highest BCUT2D eigenvalue weighted by Crippen LogP contribution is 2.38. The lowest BCUT2D eigenvalue weighted by molar-refractivity contribution is -0.137. The van der Waals surface area contributed by atoms with Crippen LogP contribution in [0.2, 0.25) is 0 Å². The van der Waals surface area contributed by atoms with E-state index in [1.165, 1.54) is 6.07 Å². The lowest BCUT2D eigenvalue weighted by Gasteiger charge is -2.37. The number of halogens is 3. The van der Waals surface area contributed by atoms with Gasteiger partial charge in [0.05, 0.1) is 18.3 Å². The fourth-order valence-electron chi connectivity index (χ4n) is 3.61. The van der Waals surface area contributed by atoms with Crippen LogP contribution in [0.3, 0.4) is 0 Å². The van der Waals surface area contributed by atoms with Gasteiger partial charge >= 0.3 is 6.18 Å². The van der Waals surface area contributed by atoms with Gasteiger partial charge in [-0.2, -0.15) is 18.3 Å². The fraction of sp³-hybridized carbons (Fsp3) is 0.450. The number of ether oxygens (including phenoxy) is 1. The van der Waals surface area contributed by atoms with E-state index in [2.05, 4.69) is 20.2 Å². The van der Waals surface area contributed by atoms with E-state index in [1.54, 1.807) is 18.3 Å². The number of nitrogens with one attached hydrogen (secondary N) is 1. The van der Waals surface area contributed by atoms with Crippen molar-refractivity contribution < 1.29 is 17.9 Å². The number of morpholine rings is 1. The highest BCUT2D eigenvalue weighted by atomic mass is 19.4. The Balaban J connectivity index is 1.76. The number of nitrogens with zero attached hydrogens (tertiary/aromatic N) is 4. The molecule has 3 aromatic heterocycles. The zero-order chi connectivity index (χ0) is 21.5. The number of pyridine rings is 2. The molecule has 0 amide bonds. The molecule has 10 heteroatoms. The van der Waals surface area contributed by atoms with Crippen LogP contribution < -0.4 is 10.6 Å². The maximum Gasteiger partial charge on any atom is 0.418 e. The first-order valence-electron chi connectivity index (χ1n) is 9.75. The molecule has 160 valence electrons. The Kier molecular flexibility index (Phi) is 5.37. The van der Waals surface area contributed by atoms with E-state index in [1.807, 2.05) is 18.7 Å². The van der Waals surface area contributed by atoms with Crippen LogP contribution in [0.4, 0.5) is 19.0 Å². The largest absolute Gasteiger partial charge is 0.418 e. The van der Waals surface area contributed by atoms with Crippen LogP contribution in [-0.2, 0) is 10.9 Å². The summed E-state index contributed by atoms with van der Waals surface area (Å²) >= 11 is 0. The molecule has 0 bridgehead atoms. The Morgan fingerprint density at radius 3 is 2.77 bits per heavy atom. The molecule has 2 atom stereocenters. The zero-order valence-corrected chi connectivity index (χ0v) is 16.6. The van der Waals surface area contributed by atoms with Crippen molar-refractivity contribution in [1.82, 2.24) is 20.2 Å². The monoisotopic (exact) mass is 420 g/mol. The van der Waals surface area contributed by atoms with Crippen molar-refractivity contribution in [2.45, 2.75) is 32.2 Å². The lowest BCUT2D eigenvalue weighted by Crippen LogP contribution is -2.52. The van der Waals surface area contributed by atoms with Crippen molar-refractivity contribution in [2.24, 2.45) is 11.7 Å². The number of hydrogen-bond acceptors (Lipinski definition) is 6. The molecule has 2 unspecified atom stereocenters. The summed E-state index contributed by atoms with van der Waals surface area (Å²) in [5.41, 5.74) is 5.70. The van der Waals surface area contributed by atoms with Gasteiger partial charge in [0.25, 0.3) is 0 Å². The number of nitrogens with two attached hydrogens (primary N) is 1. The summed E-state index contributed by atoms with van der Waals surface area (Å²) in [6.07, 6.45) is -3.24. The van der Waals surface area contributed by atoms with Crippen LogP contribution in [0.1, 0.15) is 19.4 Å². The quantitative estimate of drug-likeness (QED) is 0.673. The zero-order valence-electron chi connectivity index (χ0n) is 16.6. The molecule has 7 nitrogen and oxygen atoms in total. The molecule has 1 fully saturated rings. The van der Waals surface area contributed by atoms with E-state index in [-0.39, 0.29) is 29.5 Å². The van der Waals surface area contributed by atoms with Gasteiger partial charge in [-0.05, 0) is 30.2 Å². The summed E-state index contributed by atoms with van der Waals surface area (Å²) in [4.78, 5) is 10.4. The van der Waals surface area contributed by atoms with Crippen LogP contribution in [-0.4, -0.2) is 52.0 Å². The molecule has 1 saturated heterocycles. The molecule has 0 aromatic carbocycles. The molecular formula is C20H23F3N6O. The molecule has 4 rings (SSSR count). The summed E-state index contributed by atoms with van der Waals surface area (Å²) in [6, 6.07) is 5.59. The number of aromatic amines is 1. The minimum Gasteiger partial charge on any atom is -0.373 e. The molecule has 0 spiro atoms. The number of fused-ring (bicyclic) bond motifs is 1. The van der Waals surface area contributed by atoms with Crippen molar-refractivity contribution in [2.75, 3.05) is 24.6 Å². The van der Waals surface area contributed by atoms with E-state index in [4.69, 9.17) is 10.5 Å². The van der Waals surface area contributed by atoms with Gasteiger partial charge in [-0.1, -0.05) is 13.8 Å². The van der Waals surface area contributed by atoms with Gasteiger partial charge in [-0.15, -0.1) is 0 Å². The van der Waals surface area contributed by atoms with Crippen LogP contribution in [0.25, 0.3) is 22.4 Å². The molecule has 4 heterocycles. The number of hydrogen-bond donors (Lipinski definition) is 2. The van der Waals surface area contributed by atoms with Gasteiger partial charge < -0.3 is 15.4 Å². The average molecular weight is 420 g/mol. The predicted molar refractivity (Wildman–Crippen MR) is 107 cm³/mol. The average Bonchev–Trinajstić information content (AvgIpc) is 3.16. The molecule has 0 aliphatic carbocycles. The molecule has 0 saturated carbocycles. The van der Waals surface area contributed by atoms with Gasteiger partial charge in [0.15, 0.2) is 5.65 Å². The van der Waals surface area contributed by atoms with E-state index < -0.39 is 11.7 Å². The molecule has 30 heavy (non-hydrogen) atoms. The van der Waals surface area contributed by atoms with Gasteiger partial charge in [-0.25, -0.2) is 9.97 Å². The number of alkyl halides is 3.